The third-order valence-corrected chi connectivity index (χ3v) is 4.39. The van der Waals surface area contributed by atoms with Gasteiger partial charge in [0.25, 0.3) is 0 Å². The molecule has 1 unspecified atom stereocenters. The smallest absolute Gasteiger partial charge is 0.0897 e. The molecule has 1 aliphatic heterocycles. The molecule has 4 heteroatoms. The Bertz CT molecular complexity index is 327. The van der Waals surface area contributed by atoms with Crippen molar-refractivity contribution in [3.8, 4) is 0 Å². The molecule has 1 saturated heterocycles. The number of thiazole rings is 1. The minimum atomic E-state index is 0.547. The van der Waals surface area contributed by atoms with Gasteiger partial charge in [-0.2, -0.15) is 0 Å². The maximum atomic E-state index is 6.06. The highest BCUT2D eigenvalue weighted by Crippen LogP contribution is 2.20. The van der Waals surface area contributed by atoms with Crippen molar-refractivity contribution in [2.45, 2.75) is 45.2 Å². The Kier molecular flexibility index (Phi) is 4.62. The van der Waals surface area contributed by atoms with E-state index in [0.29, 0.717) is 6.04 Å². The standard InChI is InChI=1S/C12H19ClN2S/c1-10-14-11(9-16-10)8-15-6-4-2-3-5-12(15)7-13/h9,12H,2-8H2,1H3. The zero-order valence-corrected chi connectivity index (χ0v) is 11.4. The summed E-state index contributed by atoms with van der Waals surface area (Å²) in [7, 11) is 0. The Morgan fingerprint density at radius 2 is 2.38 bits per heavy atom. The summed E-state index contributed by atoms with van der Waals surface area (Å²) in [6, 6.07) is 0.547. The first kappa shape index (κ1) is 12.3. The van der Waals surface area contributed by atoms with Crippen molar-refractivity contribution < 1.29 is 0 Å². The van der Waals surface area contributed by atoms with Crippen LogP contribution in [-0.2, 0) is 6.54 Å². The molecule has 1 fully saturated rings. The fourth-order valence-electron chi connectivity index (χ4n) is 2.31. The summed E-state index contributed by atoms with van der Waals surface area (Å²) in [5.74, 6) is 0.753. The highest BCUT2D eigenvalue weighted by Gasteiger charge is 2.20. The van der Waals surface area contributed by atoms with Crippen LogP contribution in [0.4, 0.5) is 0 Å². The quantitative estimate of drug-likeness (QED) is 0.773. The molecule has 0 aromatic carbocycles. The van der Waals surface area contributed by atoms with Gasteiger partial charge in [-0.1, -0.05) is 12.8 Å². The van der Waals surface area contributed by atoms with Gasteiger partial charge < -0.3 is 0 Å². The maximum absolute atomic E-state index is 6.06. The topological polar surface area (TPSA) is 16.1 Å². The van der Waals surface area contributed by atoms with Crippen molar-refractivity contribution in [1.29, 1.82) is 0 Å². The van der Waals surface area contributed by atoms with E-state index in [-0.39, 0.29) is 0 Å². The van der Waals surface area contributed by atoms with Crippen molar-refractivity contribution in [2.24, 2.45) is 0 Å². The van der Waals surface area contributed by atoms with Crippen molar-refractivity contribution in [1.82, 2.24) is 9.88 Å². The fourth-order valence-corrected chi connectivity index (χ4v) is 3.26. The number of rotatable bonds is 3. The third-order valence-electron chi connectivity index (χ3n) is 3.21. The second kappa shape index (κ2) is 5.99. The molecule has 0 aliphatic carbocycles. The normalized spacial score (nSPS) is 23.2. The van der Waals surface area contributed by atoms with Gasteiger partial charge in [0, 0.05) is 23.8 Å². The molecule has 0 saturated carbocycles. The summed E-state index contributed by atoms with van der Waals surface area (Å²) in [4.78, 5) is 7.05. The van der Waals surface area contributed by atoms with Gasteiger partial charge in [0.1, 0.15) is 0 Å². The second-order valence-corrected chi connectivity index (χ2v) is 5.86. The van der Waals surface area contributed by atoms with Crippen molar-refractivity contribution in [2.75, 3.05) is 12.4 Å². The highest BCUT2D eigenvalue weighted by atomic mass is 35.5. The summed E-state index contributed by atoms with van der Waals surface area (Å²) < 4.78 is 0. The lowest BCUT2D eigenvalue weighted by Gasteiger charge is -2.27. The van der Waals surface area contributed by atoms with Crippen LogP contribution >= 0.6 is 22.9 Å². The first-order valence-electron chi connectivity index (χ1n) is 6.00. The molecule has 2 nitrogen and oxygen atoms in total. The van der Waals surface area contributed by atoms with Crippen LogP contribution in [0.5, 0.6) is 0 Å². The summed E-state index contributed by atoms with van der Waals surface area (Å²) in [6.45, 7) is 4.21. The van der Waals surface area contributed by atoms with E-state index in [0.717, 1.165) is 17.4 Å². The van der Waals surface area contributed by atoms with E-state index in [4.69, 9.17) is 11.6 Å². The predicted octanol–water partition coefficient (Wildman–Crippen LogP) is 3.43. The number of aromatic nitrogens is 1. The fraction of sp³-hybridized carbons (Fsp3) is 0.750. The Labute approximate surface area is 107 Å². The van der Waals surface area contributed by atoms with E-state index < -0.39 is 0 Å². The zero-order valence-electron chi connectivity index (χ0n) is 9.79. The first-order valence-corrected chi connectivity index (χ1v) is 7.42. The number of alkyl halides is 1. The van der Waals surface area contributed by atoms with Crippen LogP contribution in [0, 0.1) is 6.92 Å². The van der Waals surface area contributed by atoms with E-state index >= 15 is 0 Å². The molecular formula is C12H19ClN2S. The number of hydrogen-bond donors (Lipinski definition) is 0. The average molecular weight is 259 g/mol. The van der Waals surface area contributed by atoms with Crippen LogP contribution in [0.15, 0.2) is 5.38 Å². The molecule has 2 heterocycles. The van der Waals surface area contributed by atoms with Gasteiger partial charge >= 0.3 is 0 Å². The molecular weight excluding hydrogens is 240 g/mol. The predicted molar refractivity (Wildman–Crippen MR) is 70.2 cm³/mol. The van der Waals surface area contributed by atoms with Crippen LogP contribution in [0.25, 0.3) is 0 Å². The lowest BCUT2D eigenvalue weighted by molar-refractivity contribution is 0.205. The molecule has 1 aromatic rings. The number of nitrogens with zero attached hydrogens (tertiary/aromatic N) is 2. The molecule has 0 N–H and O–H groups in total. The van der Waals surface area contributed by atoms with Gasteiger partial charge in [-0.25, -0.2) is 4.98 Å². The Morgan fingerprint density at radius 3 is 3.06 bits per heavy atom. The van der Waals surface area contributed by atoms with Crippen molar-refractivity contribution in [3.63, 3.8) is 0 Å². The minimum absolute atomic E-state index is 0.547. The molecule has 1 atom stereocenters. The van der Waals surface area contributed by atoms with Crippen molar-refractivity contribution >= 4 is 22.9 Å². The van der Waals surface area contributed by atoms with Gasteiger partial charge in [0.2, 0.25) is 0 Å². The zero-order chi connectivity index (χ0) is 11.4. The largest absolute Gasteiger partial charge is 0.293 e. The summed E-state index contributed by atoms with van der Waals surface area (Å²) >= 11 is 7.80. The summed E-state index contributed by atoms with van der Waals surface area (Å²) in [5, 5.41) is 3.33. The Morgan fingerprint density at radius 1 is 1.50 bits per heavy atom. The van der Waals surface area contributed by atoms with Crippen molar-refractivity contribution in [3.05, 3.63) is 16.1 Å². The lowest BCUT2D eigenvalue weighted by Crippen LogP contribution is -2.35. The summed E-state index contributed by atoms with van der Waals surface area (Å²) in [5.41, 5.74) is 1.21. The van der Waals surface area contributed by atoms with Gasteiger partial charge in [0.15, 0.2) is 0 Å². The van der Waals surface area contributed by atoms with E-state index in [1.54, 1.807) is 11.3 Å². The first-order chi connectivity index (χ1) is 7.79. The van der Waals surface area contributed by atoms with E-state index in [1.165, 1.54) is 37.9 Å². The SMILES string of the molecule is Cc1nc(CN2CCCCCC2CCl)cs1. The van der Waals surface area contributed by atoms with Gasteiger partial charge in [-0.15, -0.1) is 22.9 Å². The van der Waals surface area contributed by atoms with E-state index in [1.807, 2.05) is 0 Å². The molecule has 0 spiro atoms. The molecule has 0 amide bonds. The molecule has 2 rings (SSSR count). The number of likely N-dealkylation sites (tertiary alicyclic amines) is 1. The highest BCUT2D eigenvalue weighted by molar-refractivity contribution is 7.09. The van der Waals surface area contributed by atoms with E-state index in [9.17, 15) is 0 Å². The minimum Gasteiger partial charge on any atom is -0.293 e. The number of halogens is 1. The van der Waals surface area contributed by atoms with Gasteiger partial charge in [0.05, 0.1) is 10.7 Å². The molecule has 16 heavy (non-hydrogen) atoms. The lowest BCUT2D eigenvalue weighted by atomic mass is 10.1. The van der Waals surface area contributed by atoms with Gasteiger partial charge in [-0.3, -0.25) is 4.90 Å². The van der Waals surface area contributed by atoms with Crippen LogP contribution < -0.4 is 0 Å². The second-order valence-electron chi connectivity index (χ2n) is 4.49. The average Bonchev–Trinajstić information content (AvgIpc) is 2.56. The molecule has 0 radical (unpaired) electrons. The van der Waals surface area contributed by atoms with Crippen LogP contribution in [0.1, 0.15) is 36.4 Å². The molecule has 1 aromatic heterocycles. The monoisotopic (exact) mass is 258 g/mol. The van der Waals surface area contributed by atoms with Crippen LogP contribution in [0.2, 0.25) is 0 Å². The van der Waals surface area contributed by atoms with Crippen LogP contribution in [0.3, 0.4) is 0 Å². The summed E-state index contributed by atoms with van der Waals surface area (Å²) in [6.07, 6.45) is 5.22. The van der Waals surface area contributed by atoms with Crippen LogP contribution in [-0.4, -0.2) is 28.4 Å². The maximum Gasteiger partial charge on any atom is 0.0897 e. The Balaban J connectivity index is 1.99. The third kappa shape index (κ3) is 3.19. The molecule has 0 bridgehead atoms. The number of aryl methyl sites for hydroxylation is 1. The van der Waals surface area contributed by atoms with E-state index in [2.05, 4.69) is 22.2 Å². The molecule has 90 valence electrons. The Hall–Kier alpha value is -0.120. The number of hydrogen-bond acceptors (Lipinski definition) is 3. The molecule has 1 aliphatic rings. The van der Waals surface area contributed by atoms with Gasteiger partial charge in [-0.05, 0) is 26.3 Å².